The van der Waals surface area contributed by atoms with Gasteiger partial charge in [0, 0.05) is 18.0 Å². The van der Waals surface area contributed by atoms with E-state index in [1.54, 1.807) is 25.4 Å². The lowest BCUT2D eigenvalue weighted by molar-refractivity contribution is 0.415. The number of anilines is 1. The van der Waals surface area contributed by atoms with Crippen molar-refractivity contribution < 1.29 is 4.74 Å². The molecule has 0 radical (unpaired) electrons. The van der Waals surface area contributed by atoms with Crippen molar-refractivity contribution in [1.82, 2.24) is 9.38 Å². The molecular weight excluding hydrogens is 302 g/mol. The van der Waals surface area contributed by atoms with Crippen molar-refractivity contribution >= 4 is 22.9 Å². The predicted octanol–water partition coefficient (Wildman–Crippen LogP) is 2.97. The number of hydrogen-bond acceptors (Lipinski definition) is 4. The van der Waals surface area contributed by atoms with E-state index in [0.29, 0.717) is 22.9 Å². The fourth-order valence-corrected chi connectivity index (χ4v) is 2.28. The van der Waals surface area contributed by atoms with E-state index in [-0.39, 0.29) is 5.56 Å². The molecule has 0 aliphatic carbocycles. The van der Waals surface area contributed by atoms with Crippen LogP contribution in [0.5, 0.6) is 5.75 Å². The van der Waals surface area contributed by atoms with Crippen molar-refractivity contribution in [2.24, 2.45) is 0 Å². The van der Waals surface area contributed by atoms with Gasteiger partial charge < -0.3 is 10.1 Å². The Balaban J connectivity index is 1.81. The van der Waals surface area contributed by atoms with Gasteiger partial charge in [0.05, 0.1) is 24.4 Å². The molecule has 0 spiro atoms. The first-order valence-corrected chi connectivity index (χ1v) is 7.09. The number of methoxy groups -OCH3 is 1. The van der Waals surface area contributed by atoms with E-state index >= 15 is 0 Å². The summed E-state index contributed by atoms with van der Waals surface area (Å²) in [6.07, 6.45) is 1.56. The van der Waals surface area contributed by atoms with Crippen molar-refractivity contribution in [2.75, 3.05) is 12.4 Å². The standard InChI is InChI=1S/C16H14ClN3O2/c1-22-14-5-3-12(4-6-14)18-9-13-8-16(21)20-10-11(17)2-7-15(20)19-13/h2-8,10,18H,9H2,1H3. The second-order valence-corrected chi connectivity index (χ2v) is 5.18. The van der Waals surface area contributed by atoms with Gasteiger partial charge in [-0.15, -0.1) is 0 Å². The molecule has 1 N–H and O–H groups in total. The monoisotopic (exact) mass is 315 g/mol. The molecule has 2 aromatic heterocycles. The summed E-state index contributed by atoms with van der Waals surface area (Å²) in [7, 11) is 1.63. The van der Waals surface area contributed by atoms with Crippen LogP contribution in [0, 0.1) is 0 Å². The highest BCUT2D eigenvalue weighted by atomic mass is 35.5. The molecule has 6 heteroatoms. The molecule has 0 aliphatic rings. The maximum atomic E-state index is 12.1. The summed E-state index contributed by atoms with van der Waals surface area (Å²) in [6.45, 7) is 0.459. The van der Waals surface area contributed by atoms with Crippen molar-refractivity contribution in [3.8, 4) is 5.75 Å². The Morgan fingerprint density at radius 1 is 1.23 bits per heavy atom. The fourth-order valence-electron chi connectivity index (χ4n) is 2.12. The Kier molecular flexibility index (Phi) is 3.98. The zero-order valence-corrected chi connectivity index (χ0v) is 12.7. The highest BCUT2D eigenvalue weighted by Gasteiger charge is 2.03. The van der Waals surface area contributed by atoms with Crippen molar-refractivity contribution in [2.45, 2.75) is 6.54 Å². The number of rotatable bonds is 4. The van der Waals surface area contributed by atoms with Crippen molar-refractivity contribution in [1.29, 1.82) is 0 Å². The van der Waals surface area contributed by atoms with Crippen LogP contribution in [0.25, 0.3) is 5.65 Å². The van der Waals surface area contributed by atoms with Crippen molar-refractivity contribution in [3.05, 3.63) is 69.7 Å². The van der Waals surface area contributed by atoms with E-state index in [0.717, 1.165) is 11.4 Å². The van der Waals surface area contributed by atoms with Crippen molar-refractivity contribution in [3.63, 3.8) is 0 Å². The van der Waals surface area contributed by atoms with Gasteiger partial charge in [-0.2, -0.15) is 0 Å². The molecule has 0 atom stereocenters. The molecule has 5 nitrogen and oxygen atoms in total. The summed E-state index contributed by atoms with van der Waals surface area (Å²) < 4.78 is 6.54. The van der Waals surface area contributed by atoms with Crippen LogP contribution < -0.4 is 15.6 Å². The smallest absolute Gasteiger partial charge is 0.258 e. The largest absolute Gasteiger partial charge is 0.497 e. The number of nitrogens with one attached hydrogen (secondary N) is 1. The second-order valence-electron chi connectivity index (χ2n) is 4.74. The maximum absolute atomic E-state index is 12.1. The van der Waals surface area contributed by atoms with Gasteiger partial charge in [0.2, 0.25) is 0 Å². The van der Waals surface area contributed by atoms with Gasteiger partial charge in [-0.1, -0.05) is 11.6 Å². The number of benzene rings is 1. The van der Waals surface area contributed by atoms with Crippen LogP contribution in [-0.2, 0) is 6.54 Å². The molecule has 0 saturated heterocycles. The Labute approximate surface area is 132 Å². The molecule has 0 bridgehead atoms. The Morgan fingerprint density at radius 3 is 2.73 bits per heavy atom. The minimum atomic E-state index is -0.154. The maximum Gasteiger partial charge on any atom is 0.258 e. The molecule has 0 unspecified atom stereocenters. The van der Waals surface area contributed by atoms with Crippen LogP contribution >= 0.6 is 11.6 Å². The summed E-state index contributed by atoms with van der Waals surface area (Å²) in [5.74, 6) is 0.796. The van der Waals surface area contributed by atoms with E-state index < -0.39 is 0 Å². The second kappa shape index (κ2) is 6.07. The number of aromatic nitrogens is 2. The third-order valence-corrected chi connectivity index (χ3v) is 3.46. The molecule has 2 heterocycles. The molecule has 22 heavy (non-hydrogen) atoms. The van der Waals surface area contributed by atoms with Crippen LogP contribution in [0.4, 0.5) is 5.69 Å². The number of ether oxygens (including phenoxy) is 1. The molecule has 0 fully saturated rings. The van der Waals surface area contributed by atoms with Crippen LogP contribution in [0.2, 0.25) is 5.02 Å². The summed E-state index contributed by atoms with van der Waals surface area (Å²) in [5, 5.41) is 3.72. The summed E-state index contributed by atoms with van der Waals surface area (Å²) >= 11 is 5.89. The average Bonchev–Trinajstić information content (AvgIpc) is 2.54. The number of hydrogen-bond donors (Lipinski definition) is 1. The molecule has 0 amide bonds. The minimum Gasteiger partial charge on any atom is -0.497 e. The quantitative estimate of drug-likeness (QED) is 0.804. The van der Waals surface area contributed by atoms with Gasteiger partial charge in [0.15, 0.2) is 0 Å². The molecule has 0 aliphatic heterocycles. The third kappa shape index (κ3) is 3.04. The highest BCUT2D eigenvalue weighted by Crippen LogP contribution is 2.15. The zero-order chi connectivity index (χ0) is 15.5. The Hall–Kier alpha value is -2.53. The molecule has 3 rings (SSSR count). The molecule has 112 valence electrons. The average molecular weight is 316 g/mol. The third-order valence-electron chi connectivity index (χ3n) is 3.24. The molecule has 3 aromatic rings. The number of nitrogens with zero attached hydrogens (tertiary/aromatic N) is 2. The first-order chi connectivity index (χ1) is 10.7. The molecular formula is C16H14ClN3O2. The molecule has 0 saturated carbocycles. The first kappa shape index (κ1) is 14.4. The van der Waals surface area contributed by atoms with Gasteiger partial charge in [-0.3, -0.25) is 9.20 Å². The van der Waals surface area contributed by atoms with Gasteiger partial charge in [0.25, 0.3) is 5.56 Å². The highest BCUT2D eigenvalue weighted by molar-refractivity contribution is 6.30. The topological polar surface area (TPSA) is 55.6 Å². The lowest BCUT2D eigenvalue weighted by atomic mass is 10.3. The SMILES string of the molecule is COc1ccc(NCc2cc(=O)n3cc(Cl)ccc3n2)cc1. The predicted molar refractivity (Wildman–Crippen MR) is 86.8 cm³/mol. The summed E-state index contributed by atoms with van der Waals surface area (Å²) in [6, 6.07) is 12.5. The van der Waals surface area contributed by atoms with E-state index in [4.69, 9.17) is 16.3 Å². The van der Waals surface area contributed by atoms with E-state index in [9.17, 15) is 4.79 Å². The summed E-state index contributed by atoms with van der Waals surface area (Å²) in [4.78, 5) is 16.5. The number of fused-ring (bicyclic) bond motifs is 1. The normalized spacial score (nSPS) is 10.6. The van der Waals surface area contributed by atoms with E-state index in [1.807, 2.05) is 24.3 Å². The first-order valence-electron chi connectivity index (χ1n) is 6.71. The minimum absolute atomic E-state index is 0.154. The van der Waals surface area contributed by atoms with E-state index in [1.165, 1.54) is 10.5 Å². The fraction of sp³-hybridized carbons (Fsp3) is 0.125. The van der Waals surface area contributed by atoms with Crippen LogP contribution in [-0.4, -0.2) is 16.5 Å². The van der Waals surface area contributed by atoms with Crippen LogP contribution in [0.1, 0.15) is 5.69 Å². The van der Waals surface area contributed by atoms with E-state index in [2.05, 4.69) is 10.3 Å². The lowest BCUT2D eigenvalue weighted by Gasteiger charge is -2.08. The number of halogens is 1. The van der Waals surface area contributed by atoms with Gasteiger partial charge in [-0.05, 0) is 36.4 Å². The Morgan fingerprint density at radius 2 is 2.00 bits per heavy atom. The van der Waals surface area contributed by atoms with Gasteiger partial charge >= 0.3 is 0 Å². The lowest BCUT2D eigenvalue weighted by Crippen LogP contribution is -2.16. The zero-order valence-electron chi connectivity index (χ0n) is 11.9. The van der Waals surface area contributed by atoms with Crippen LogP contribution in [0.3, 0.4) is 0 Å². The summed E-state index contributed by atoms with van der Waals surface area (Å²) in [5.41, 5.74) is 2.02. The van der Waals surface area contributed by atoms with Crippen LogP contribution in [0.15, 0.2) is 53.5 Å². The number of pyridine rings is 1. The van der Waals surface area contributed by atoms with Gasteiger partial charge in [-0.25, -0.2) is 4.98 Å². The molecule has 1 aromatic carbocycles. The van der Waals surface area contributed by atoms with Gasteiger partial charge in [0.1, 0.15) is 11.4 Å². The Bertz CT molecular complexity index is 859.